The normalized spacial score (nSPS) is 17.5. The summed E-state index contributed by atoms with van der Waals surface area (Å²) in [4.78, 5) is 20.7. The fourth-order valence-corrected chi connectivity index (χ4v) is 4.08. The lowest BCUT2D eigenvalue weighted by Crippen LogP contribution is -2.37. The van der Waals surface area contributed by atoms with Gasteiger partial charge in [0, 0.05) is 11.3 Å². The van der Waals surface area contributed by atoms with Crippen LogP contribution in [0.1, 0.15) is 23.2 Å². The fourth-order valence-electron chi connectivity index (χ4n) is 4.08. The van der Waals surface area contributed by atoms with E-state index in [2.05, 4.69) is 20.6 Å². The Morgan fingerprint density at radius 2 is 2.06 bits per heavy atom. The first-order valence-electron chi connectivity index (χ1n) is 10.3. The van der Waals surface area contributed by atoms with Crippen LogP contribution in [-0.4, -0.2) is 26.6 Å². The van der Waals surface area contributed by atoms with Crippen molar-refractivity contribution in [2.45, 2.75) is 31.9 Å². The molecule has 1 atom stereocenters. The van der Waals surface area contributed by atoms with Crippen LogP contribution in [0, 0.1) is 5.82 Å². The summed E-state index contributed by atoms with van der Waals surface area (Å²) >= 11 is 0. The lowest BCUT2D eigenvalue weighted by molar-refractivity contribution is -0.137. The van der Waals surface area contributed by atoms with E-state index in [4.69, 9.17) is 10.5 Å². The number of anilines is 2. The number of hydrogen-bond donors (Lipinski definition) is 3. The zero-order valence-corrected chi connectivity index (χ0v) is 17.5. The predicted molar refractivity (Wildman–Crippen MR) is 116 cm³/mol. The highest BCUT2D eigenvalue weighted by Gasteiger charge is 2.31. The van der Waals surface area contributed by atoms with Crippen LogP contribution in [0.3, 0.4) is 0 Å². The van der Waals surface area contributed by atoms with Gasteiger partial charge in [-0.05, 0) is 30.7 Å². The number of aromatic nitrogens is 3. The molecule has 0 saturated heterocycles. The van der Waals surface area contributed by atoms with E-state index in [1.807, 2.05) is 10.6 Å². The number of nitrogens with one attached hydrogen (secondary N) is 2. The van der Waals surface area contributed by atoms with Crippen LogP contribution in [0.2, 0.25) is 0 Å². The number of nitrogens with two attached hydrogens (primary N) is 1. The number of ether oxygens (including phenoxy) is 1. The molecular formula is C22H18F4N6O2. The molecule has 12 heteroatoms. The molecule has 1 aliphatic heterocycles. The summed E-state index contributed by atoms with van der Waals surface area (Å²) in [6.45, 7) is 0.811. The van der Waals surface area contributed by atoms with Gasteiger partial charge in [0.05, 0.1) is 36.2 Å². The van der Waals surface area contributed by atoms with E-state index >= 15 is 0 Å². The van der Waals surface area contributed by atoms with Crippen molar-refractivity contribution in [2.75, 3.05) is 11.1 Å². The summed E-state index contributed by atoms with van der Waals surface area (Å²) < 4.78 is 60.0. The molecule has 2 amide bonds. The van der Waals surface area contributed by atoms with Crippen LogP contribution >= 0.6 is 0 Å². The largest absolute Gasteiger partial charge is 0.416 e. The molecule has 0 fully saturated rings. The molecule has 0 radical (unpaired) electrons. The van der Waals surface area contributed by atoms with Crippen molar-refractivity contribution in [1.82, 2.24) is 19.9 Å². The van der Waals surface area contributed by atoms with Gasteiger partial charge in [-0.1, -0.05) is 12.2 Å². The summed E-state index contributed by atoms with van der Waals surface area (Å²) in [7, 11) is 0. The van der Waals surface area contributed by atoms with Crippen LogP contribution < -0.4 is 16.4 Å². The molecule has 2 aliphatic rings. The summed E-state index contributed by atoms with van der Waals surface area (Å²) in [5.74, 6) is -0.642. The number of fused-ring (bicyclic) bond motifs is 3. The van der Waals surface area contributed by atoms with Gasteiger partial charge >= 0.3 is 12.2 Å². The van der Waals surface area contributed by atoms with E-state index in [9.17, 15) is 22.4 Å². The molecular weight excluding hydrogens is 456 g/mol. The van der Waals surface area contributed by atoms with Crippen molar-refractivity contribution in [2.24, 2.45) is 0 Å². The Kier molecular flexibility index (Phi) is 5.24. The zero-order chi connectivity index (χ0) is 24.0. The Morgan fingerprint density at radius 3 is 2.79 bits per heavy atom. The van der Waals surface area contributed by atoms with E-state index in [1.54, 1.807) is 12.2 Å². The van der Waals surface area contributed by atoms with Gasteiger partial charge in [-0.15, -0.1) is 0 Å². The third-order valence-corrected chi connectivity index (χ3v) is 5.66. The molecule has 5 rings (SSSR count). The number of benzene rings is 1. The number of hydrogen-bond acceptors (Lipinski definition) is 5. The highest BCUT2D eigenvalue weighted by Crippen LogP contribution is 2.36. The average molecular weight is 474 g/mol. The molecule has 0 saturated carbocycles. The number of carbonyl (C=O) groups is 1. The molecule has 0 bridgehead atoms. The minimum Gasteiger partial charge on any atom is -0.382 e. The topological polar surface area (TPSA) is 107 Å². The maximum absolute atomic E-state index is 13.9. The number of urea groups is 1. The van der Waals surface area contributed by atoms with Crippen LogP contribution in [-0.2, 0) is 24.1 Å². The third kappa shape index (κ3) is 3.85. The van der Waals surface area contributed by atoms with E-state index in [0.29, 0.717) is 49.2 Å². The Bertz CT molecular complexity index is 1360. The van der Waals surface area contributed by atoms with Gasteiger partial charge < -0.3 is 25.7 Å². The smallest absolute Gasteiger partial charge is 0.382 e. The van der Waals surface area contributed by atoms with E-state index < -0.39 is 35.3 Å². The number of allylic oxidation sites excluding steroid dienone is 2. The van der Waals surface area contributed by atoms with E-state index in [-0.39, 0.29) is 0 Å². The summed E-state index contributed by atoms with van der Waals surface area (Å²) in [6.07, 6.45) is 2.51. The Labute approximate surface area is 190 Å². The molecule has 176 valence electrons. The summed E-state index contributed by atoms with van der Waals surface area (Å²) in [6, 6.07) is 0.530. The molecule has 34 heavy (non-hydrogen) atoms. The molecule has 3 aromatic rings. The first-order valence-corrected chi connectivity index (χ1v) is 10.3. The van der Waals surface area contributed by atoms with E-state index in [1.165, 1.54) is 6.33 Å². The number of nitrogens with zero attached hydrogens (tertiary/aromatic N) is 3. The van der Waals surface area contributed by atoms with Gasteiger partial charge in [0.25, 0.3) is 0 Å². The average Bonchev–Trinajstić information content (AvgIpc) is 3.37. The molecule has 8 nitrogen and oxygen atoms in total. The Hall–Kier alpha value is -3.93. The van der Waals surface area contributed by atoms with Gasteiger partial charge in [0.1, 0.15) is 23.2 Å². The highest BCUT2D eigenvalue weighted by molar-refractivity contribution is 5.93. The van der Waals surface area contributed by atoms with E-state index in [0.717, 1.165) is 22.5 Å². The number of alkyl halides is 3. The fraction of sp³-hybridized carbons (Fsp3) is 0.227. The van der Waals surface area contributed by atoms with Crippen LogP contribution in [0.4, 0.5) is 33.9 Å². The SMILES string of the molecule is Nc1ncnc2c3c(n(C4=CCC(NC(=O)Nc5cc(C(F)(F)F)ccc5F)C=C4)c12)COC3. The third-order valence-electron chi connectivity index (χ3n) is 5.66. The summed E-state index contributed by atoms with van der Waals surface area (Å²) in [5, 5.41) is 4.75. The lowest BCUT2D eigenvalue weighted by Gasteiger charge is -2.20. The maximum atomic E-state index is 13.9. The monoisotopic (exact) mass is 474 g/mol. The molecule has 0 spiro atoms. The molecule has 1 aromatic carbocycles. The van der Waals surface area contributed by atoms with Crippen molar-refractivity contribution < 1.29 is 27.1 Å². The maximum Gasteiger partial charge on any atom is 0.416 e. The van der Waals surface area contributed by atoms with Crippen molar-refractivity contribution in [3.63, 3.8) is 0 Å². The molecule has 1 unspecified atom stereocenters. The Balaban J connectivity index is 1.32. The lowest BCUT2D eigenvalue weighted by atomic mass is 10.1. The minimum absolute atomic E-state index is 0.330. The van der Waals surface area contributed by atoms with Crippen molar-refractivity contribution >= 4 is 34.3 Å². The second-order valence-corrected chi connectivity index (χ2v) is 7.83. The molecule has 2 aromatic heterocycles. The minimum atomic E-state index is -4.66. The van der Waals surface area contributed by atoms with Crippen molar-refractivity contribution in [3.05, 3.63) is 65.4 Å². The van der Waals surface area contributed by atoms with Gasteiger partial charge in [0.2, 0.25) is 0 Å². The standard InChI is InChI=1S/C22H18F4N6O2/c23-15-6-1-11(22(24,25)26)7-16(15)31-21(33)30-12-2-4-13(5-3-12)32-17-9-34-8-14(17)18-19(32)20(27)29-10-28-18/h1-2,4-7,10,12H,3,8-9H2,(H2,27,28,29)(H2,30,31,33). The quantitative estimate of drug-likeness (QED) is 0.494. The van der Waals surface area contributed by atoms with Crippen LogP contribution in [0.15, 0.2) is 42.8 Å². The number of nitrogen functional groups attached to an aromatic ring is 1. The first kappa shape index (κ1) is 21.9. The highest BCUT2D eigenvalue weighted by atomic mass is 19.4. The summed E-state index contributed by atoms with van der Waals surface area (Å²) in [5.41, 5.74) is 8.54. The number of rotatable bonds is 3. The Morgan fingerprint density at radius 1 is 1.24 bits per heavy atom. The molecule has 4 N–H and O–H groups in total. The number of halogens is 4. The van der Waals surface area contributed by atoms with Gasteiger partial charge in [-0.3, -0.25) is 0 Å². The van der Waals surface area contributed by atoms with Crippen molar-refractivity contribution in [1.29, 1.82) is 0 Å². The number of amides is 2. The second-order valence-electron chi connectivity index (χ2n) is 7.83. The predicted octanol–water partition coefficient (Wildman–Crippen LogP) is 4.19. The van der Waals surface area contributed by atoms with Gasteiger partial charge in [-0.25, -0.2) is 19.2 Å². The molecule has 3 heterocycles. The van der Waals surface area contributed by atoms with Crippen LogP contribution in [0.25, 0.3) is 16.7 Å². The van der Waals surface area contributed by atoms with Gasteiger partial charge in [0.15, 0.2) is 5.82 Å². The molecule has 1 aliphatic carbocycles. The second kappa shape index (κ2) is 8.13. The van der Waals surface area contributed by atoms with Gasteiger partial charge in [-0.2, -0.15) is 13.2 Å². The zero-order valence-electron chi connectivity index (χ0n) is 17.5. The number of carbonyl (C=O) groups excluding carboxylic acids is 1. The van der Waals surface area contributed by atoms with Crippen molar-refractivity contribution in [3.8, 4) is 0 Å². The van der Waals surface area contributed by atoms with Crippen LogP contribution in [0.5, 0.6) is 0 Å². The first-order chi connectivity index (χ1) is 16.2.